The topological polar surface area (TPSA) is 44.1 Å². The first-order valence-electron chi connectivity index (χ1n) is 7.64. The number of halogens is 1. The monoisotopic (exact) mass is 384 g/mol. The molecule has 4 nitrogen and oxygen atoms in total. The van der Waals surface area contributed by atoms with Crippen LogP contribution in [0.15, 0.2) is 59.5 Å². The van der Waals surface area contributed by atoms with Crippen LogP contribution < -0.4 is 0 Å². The summed E-state index contributed by atoms with van der Waals surface area (Å²) in [4.78, 5) is 16.6. The van der Waals surface area contributed by atoms with E-state index in [1.165, 1.54) is 0 Å². The van der Waals surface area contributed by atoms with Gasteiger partial charge in [-0.05, 0) is 42.3 Å². The molecule has 0 saturated carbocycles. The Morgan fingerprint density at radius 1 is 1.12 bits per heavy atom. The van der Waals surface area contributed by atoms with Crippen molar-refractivity contribution in [2.24, 2.45) is 7.05 Å². The molecule has 0 spiro atoms. The van der Waals surface area contributed by atoms with Gasteiger partial charge >= 0.3 is 5.97 Å². The summed E-state index contributed by atoms with van der Waals surface area (Å²) in [5.41, 5.74) is 4.37. The van der Waals surface area contributed by atoms with Gasteiger partial charge in [-0.3, -0.25) is 4.98 Å². The van der Waals surface area contributed by atoms with Crippen molar-refractivity contribution in [3.63, 3.8) is 0 Å². The number of carbonyl (C=O) groups is 1. The molecular weight excluding hydrogens is 368 g/mol. The largest absolute Gasteiger partial charge is 0.461 e. The van der Waals surface area contributed by atoms with E-state index < -0.39 is 0 Å². The second-order valence-electron chi connectivity index (χ2n) is 5.34. The Balaban J connectivity index is 2.25. The number of rotatable bonds is 4. The summed E-state index contributed by atoms with van der Waals surface area (Å²) in [7, 11) is 1.86. The third kappa shape index (κ3) is 3.12. The number of hydrogen-bond acceptors (Lipinski definition) is 3. The van der Waals surface area contributed by atoms with Gasteiger partial charge in [0.25, 0.3) is 0 Å². The molecule has 0 radical (unpaired) electrons. The fourth-order valence-electron chi connectivity index (χ4n) is 2.73. The van der Waals surface area contributed by atoms with Gasteiger partial charge < -0.3 is 9.30 Å². The molecule has 0 saturated heterocycles. The molecule has 0 aliphatic heterocycles. The van der Waals surface area contributed by atoms with Crippen LogP contribution in [0, 0.1) is 0 Å². The summed E-state index contributed by atoms with van der Waals surface area (Å²) in [5.74, 6) is -0.321. The van der Waals surface area contributed by atoms with Gasteiger partial charge in [-0.2, -0.15) is 0 Å². The van der Waals surface area contributed by atoms with E-state index in [4.69, 9.17) is 4.74 Å². The maximum absolute atomic E-state index is 12.5. The molecule has 5 heteroatoms. The van der Waals surface area contributed by atoms with E-state index in [9.17, 15) is 4.79 Å². The van der Waals surface area contributed by atoms with Gasteiger partial charge in [0.15, 0.2) is 0 Å². The van der Waals surface area contributed by atoms with Crippen molar-refractivity contribution < 1.29 is 9.53 Å². The summed E-state index contributed by atoms with van der Waals surface area (Å²) >= 11 is 3.45. The molecule has 1 aromatic carbocycles. The van der Waals surface area contributed by atoms with Crippen molar-refractivity contribution in [1.82, 2.24) is 9.55 Å². The highest BCUT2D eigenvalue weighted by Gasteiger charge is 2.23. The SMILES string of the molecule is CCOC(=O)c1c(-c2ccc(Br)cc2)c(-c2ccncc2)cn1C. The van der Waals surface area contributed by atoms with Crippen molar-refractivity contribution in [2.75, 3.05) is 6.61 Å². The van der Waals surface area contributed by atoms with Gasteiger partial charge in [0.2, 0.25) is 0 Å². The lowest BCUT2D eigenvalue weighted by Crippen LogP contribution is -2.10. The minimum Gasteiger partial charge on any atom is -0.461 e. The zero-order valence-corrected chi connectivity index (χ0v) is 15.1. The molecule has 3 rings (SSSR count). The molecule has 0 unspecified atom stereocenters. The maximum Gasteiger partial charge on any atom is 0.355 e. The number of hydrogen-bond donors (Lipinski definition) is 0. The zero-order chi connectivity index (χ0) is 17.1. The van der Waals surface area contributed by atoms with E-state index in [2.05, 4.69) is 20.9 Å². The van der Waals surface area contributed by atoms with Crippen molar-refractivity contribution >= 4 is 21.9 Å². The third-order valence-electron chi connectivity index (χ3n) is 3.77. The van der Waals surface area contributed by atoms with Crippen LogP contribution in [0.2, 0.25) is 0 Å². The molecule has 2 aromatic heterocycles. The van der Waals surface area contributed by atoms with Crippen molar-refractivity contribution in [3.05, 3.63) is 65.2 Å². The van der Waals surface area contributed by atoms with Crippen LogP contribution in [0.25, 0.3) is 22.3 Å². The van der Waals surface area contributed by atoms with Gasteiger partial charge in [-0.1, -0.05) is 28.1 Å². The van der Waals surface area contributed by atoms with Crippen LogP contribution in [-0.2, 0) is 11.8 Å². The van der Waals surface area contributed by atoms with Crippen LogP contribution in [0.1, 0.15) is 17.4 Å². The molecule has 0 atom stereocenters. The van der Waals surface area contributed by atoms with Crippen LogP contribution in [0.4, 0.5) is 0 Å². The minimum absolute atomic E-state index is 0.321. The highest BCUT2D eigenvalue weighted by molar-refractivity contribution is 9.10. The van der Waals surface area contributed by atoms with E-state index in [0.29, 0.717) is 12.3 Å². The van der Waals surface area contributed by atoms with Crippen LogP contribution in [-0.4, -0.2) is 22.1 Å². The Labute approximate surface area is 149 Å². The highest BCUT2D eigenvalue weighted by atomic mass is 79.9. The average molecular weight is 385 g/mol. The number of aryl methyl sites for hydroxylation is 1. The minimum atomic E-state index is -0.321. The molecule has 0 aliphatic carbocycles. The molecule has 0 amide bonds. The number of pyridine rings is 1. The number of benzene rings is 1. The fraction of sp³-hybridized carbons (Fsp3) is 0.158. The lowest BCUT2D eigenvalue weighted by atomic mass is 9.97. The average Bonchev–Trinajstić information content (AvgIpc) is 2.94. The number of carbonyl (C=O) groups excluding carboxylic acids is 1. The number of nitrogens with zero attached hydrogens (tertiary/aromatic N) is 2. The van der Waals surface area contributed by atoms with Gasteiger partial charge in [0.1, 0.15) is 5.69 Å². The Kier molecular flexibility index (Phi) is 4.81. The normalized spacial score (nSPS) is 10.6. The van der Waals surface area contributed by atoms with E-state index in [-0.39, 0.29) is 5.97 Å². The van der Waals surface area contributed by atoms with E-state index in [1.54, 1.807) is 12.4 Å². The van der Waals surface area contributed by atoms with Crippen LogP contribution in [0.5, 0.6) is 0 Å². The standard InChI is InChI=1S/C19H17BrN2O2/c1-3-24-19(23)18-17(14-4-6-15(20)7-5-14)16(12-22(18)2)13-8-10-21-11-9-13/h4-12H,3H2,1-2H3. The predicted octanol–water partition coefficient (Wildman–Crippen LogP) is 4.69. The molecular formula is C19H17BrN2O2. The first-order chi connectivity index (χ1) is 11.6. The molecule has 0 aliphatic rings. The summed E-state index contributed by atoms with van der Waals surface area (Å²) in [6.07, 6.45) is 5.45. The lowest BCUT2D eigenvalue weighted by Gasteiger charge is -2.09. The molecule has 0 bridgehead atoms. The molecule has 3 aromatic rings. The van der Waals surface area contributed by atoms with Crippen molar-refractivity contribution in [1.29, 1.82) is 0 Å². The summed E-state index contributed by atoms with van der Waals surface area (Å²) < 4.78 is 8.08. The van der Waals surface area contributed by atoms with E-state index >= 15 is 0 Å². The summed E-state index contributed by atoms with van der Waals surface area (Å²) in [6, 6.07) is 11.8. The second-order valence-corrected chi connectivity index (χ2v) is 6.26. The number of aromatic nitrogens is 2. The molecule has 24 heavy (non-hydrogen) atoms. The van der Waals surface area contributed by atoms with Gasteiger partial charge in [-0.15, -0.1) is 0 Å². The van der Waals surface area contributed by atoms with Crippen LogP contribution >= 0.6 is 15.9 Å². The molecule has 2 heterocycles. The smallest absolute Gasteiger partial charge is 0.355 e. The lowest BCUT2D eigenvalue weighted by molar-refractivity contribution is 0.0516. The molecule has 0 fully saturated rings. The van der Waals surface area contributed by atoms with Crippen molar-refractivity contribution in [3.8, 4) is 22.3 Å². The molecule has 122 valence electrons. The maximum atomic E-state index is 12.5. The van der Waals surface area contributed by atoms with Crippen molar-refractivity contribution in [2.45, 2.75) is 6.92 Å². The number of esters is 1. The van der Waals surface area contributed by atoms with Gasteiger partial charge in [0.05, 0.1) is 6.61 Å². The summed E-state index contributed by atoms with van der Waals surface area (Å²) in [6.45, 7) is 2.15. The van der Waals surface area contributed by atoms with E-state index in [0.717, 1.165) is 26.7 Å². The zero-order valence-electron chi connectivity index (χ0n) is 13.5. The Morgan fingerprint density at radius 3 is 2.42 bits per heavy atom. The Morgan fingerprint density at radius 2 is 1.79 bits per heavy atom. The predicted molar refractivity (Wildman–Crippen MR) is 97.7 cm³/mol. The Bertz CT molecular complexity index is 855. The van der Waals surface area contributed by atoms with E-state index in [1.807, 2.05) is 61.1 Å². The van der Waals surface area contributed by atoms with Gasteiger partial charge in [-0.25, -0.2) is 4.79 Å². The fourth-order valence-corrected chi connectivity index (χ4v) is 3.00. The Hall–Kier alpha value is -2.40. The van der Waals surface area contributed by atoms with Crippen LogP contribution in [0.3, 0.4) is 0 Å². The first-order valence-corrected chi connectivity index (χ1v) is 8.44. The van der Waals surface area contributed by atoms with Gasteiger partial charge in [0, 0.05) is 41.2 Å². The first kappa shape index (κ1) is 16.5. The highest BCUT2D eigenvalue weighted by Crippen LogP contribution is 2.37. The second kappa shape index (κ2) is 7.01. The third-order valence-corrected chi connectivity index (χ3v) is 4.30. The number of ether oxygens (including phenoxy) is 1. The summed E-state index contributed by atoms with van der Waals surface area (Å²) in [5, 5.41) is 0. The molecule has 0 N–H and O–H groups in total. The quantitative estimate of drug-likeness (QED) is 0.612.